The molecule has 0 spiro atoms. The highest BCUT2D eigenvalue weighted by Crippen LogP contribution is 2.41. The minimum Gasteiger partial charge on any atom is -0.481 e. The molecule has 0 bridgehead atoms. The van der Waals surface area contributed by atoms with Crippen molar-refractivity contribution in [1.82, 2.24) is 34.9 Å². The first-order valence-corrected chi connectivity index (χ1v) is 14.9. The number of nitrogens with zero attached hydrogens (tertiary/aromatic N) is 5. The third-order valence-electron chi connectivity index (χ3n) is 6.75. The number of carboxylic acid groups (broad SMARTS) is 2. The molecule has 1 unspecified atom stereocenters. The maximum atomic E-state index is 13.1. The molecule has 4 heterocycles. The van der Waals surface area contributed by atoms with Crippen molar-refractivity contribution in [2.75, 3.05) is 18.6 Å². The summed E-state index contributed by atoms with van der Waals surface area (Å²) in [5, 5.41) is 32.9. The Morgan fingerprint density at radius 1 is 1.10 bits per heavy atom. The smallest absolute Gasteiger partial charge is 0.367 e. The number of carbonyl (C=O) groups excluding carboxylic acids is 2. The second-order valence-corrected chi connectivity index (χ2v) is 11.7. The lowest BCUT2D eigenvalue weighted by Gasteiger charge is -2.49. The van der Waals surface area contributed by atoms with E-state index in [-0.39, 0.29) is 42.4 Å². The van der Waals surface area contributed by atoms with Crippen molar-refractivity contribution < 1.29 is 29.4 Å². The van der Waals surface area contributed by atoms with E-state index < -0.39 is 35.0 Å². The van der Waals surface area contributed by atoms with E-state index in [4.69, 9.17) is 5.11 Å². The molecule has 2 aliphatic rings. The minimum atomic E-state index is -1.24. The Morgan fingerprint density at radius 2 is 1.86 bits per heavy atom. The summed E-state index contributed by atoms with van der Waals surface area (Å²) >= 11 is 2.57. The molecule has 4 N–H and O–H groups in total. The number of aryl methyl sites for hydroxylation is 1. The van der Waals surface area contributed by atoms with Crippen molar-refractivity contribution in [3.8, 4) is 0 Å². The van der Waals surface area contributed by atoms with Crippen LogP contribution in [0.5, 0.6) is 0 Å². The van der Waals surface area contributed by atoms with Crippen LogP contribution in [0.2, 0.25) is 0 Å². The molecular formula is C26H27N7O7S2. The van der Waals surface area contributed by atoms with Crippen molar-refractivity contribution in [2.45, 2.75) is 42.4 Å². The maximum Gasteiger partial charge on any atom is 0.367 e. The first-order chi connectivity index (χ1) is 20.2. The zero-order valence-corrected chi connectivity index (χ0v) is 24.0. The molecule has 1 aromatic carbocycles. The van der Waals surface area contributed by atoms with Crippen LogP contribution in [0.3, 0.4) is 0 Å². The molecule has 1 fully saturated rings. The Hall–Kier alpha value is -4.15. The van der Waals surface area contributed by atoms with Crippen LogP contribution in [0.4, 0.5) is 0 Å². The SMILES string of the molecule is CNCc1ccccc1CC(=O)NC1C(=O)N2C(C(=O)O)=C(CSc3ccc4nn(CCC(=O)O)c(=O)n4n3)CS[C@H]12. The standard InChI is InChI=1S/C26H27N7O7S2/c1-27-11-15-5-3-2-4-14(15)10-18(34)28-21-23(37)32-22(25(38)39)16(13-42-24(21)32)12-41-19-7-6-17-29-31(9-8-20(35)36)26(40)33(17)30-19/h2-7,21,24,27H,8-13H2,1H3,(H,28,34)(H,35,36)(H,38,39)/t21?,24-/m1/s1. The van der Waals surface area contributed by atoms with Crippen LogP contribution in [0.25, 0.3) is 5.65 Å². The van der Waals surface area contributed by atoms with E-state index in [1.807, 2.05) is 31.3 Å². The Kier molecular flexibility index (Phi) is 8.65. The monoisotopic (exact) mass is 613 g/mol. The van der Waals surface area contributed by atoms with E-state index in [0.717, 1.165) is 20.3 Å². The number of benzene rings is 1. The fourth-order valence-corrected chi connectivity index (χ4v) is 7.10. The summed E-state index contributed by atoms with van der Waals surface area (Å²) in [7, 11) is 1.82. The number of aromatic nitrogens is 4. The molecule has 42 heavy (non-hydrogen) atoms. The van der Waals surface area contributed by atoms with Crippen LogP contribution in [0.1, 0.15) is 17.5 Å². The summed E-state index contributed by atoms with van der Waals surface area (Å²) in [5.74, 6) is -2.57. The lowest BCUT2D eigenvalue weighted by molar-refractivity contribution is -0.150. The molecule has 2 amide bonds. The number of carbonyl (C=O) groups is 4. The lowest BCUT2D eigenvalue weighted by Crippen LogP contribution is -2.70. The van der Waals surface area contributed by atoms with Crippen LogP contribution in [0.15, 0.2) is 57.5 Å². The molecule has 1 saturated heterocycles. The first kappa shape index (κ1) is 29.3. The summed E-state index contributed by atoms with van der Waals surface area (Å²) < 4.78 is 2.09. The third-order valence-corrected chi connectivity index (χ3v) is 9.10. The van der Waals surface area contributed by atoms with Gasteiger partial charge in [-0.25, -0.2) is 14.3 Å². The van der Waals surface area contributed by atoms with Crippen LogP contribution in [-0.2, 0) is 38.7 Å². The fraction of sp³-hybridized carbons (Fsp3) is 0.346. The highest BCUT2D eigenvalue weighted by atomic mass is 32.2. The van der Waals surface area contributed by atoms with Gasteiger partial charge < -0.3 is 20.8 Å². The van der Waals surface area contributed by atoms with Crippen molar-refractivity contribution in [3.63, 3.8) is 0 Å². The maximum absolute atomic E-state index is 13.1. The molecule has 220 valence electrons. The van der Waals surface area contributed by atoms with E-state index >= 15 is 0 Å². The number of hydrogen-bond acceptors (Lipinski definition) is 10. The zero-order chi connectivity index (χ0) is 30.0. The number of aliphatic carboxylic acids is 2. The molecule has 16 heteroatoms. The van der Waals surface area contributed by atoms with Gasteiger partial charge in [-0.05, 0) is 35.9 Å². The van der Waals surface area contributed by atoms with E-state index in [9.17, 15) is 29.1 Å². The summed E-state index contributed by atoms with van der Waals surface area (Å²) in [6.07, 6.45) is -0.165. The number of rotatable bonds is 12. The van der Waals surface area contributed by atoms with Gasteiger partial charge in [-0.1, -0.05) is 24.3 Å². The van der Waals surface area contributed by atoms with Crippen LogP contribution < -0.4 is 16.3 Å². The van der Waals surface area contributed by atoms with E-state index in [1.54, 1.807) is 12.1 Å². The molecular weight excluding hydrogens is 586 g/mol. The fourth-order valence-electron chi connectivity index (χ4n) is 4.76. The van der Waals surface area contributed by atoms with Gasteiger partial charge in [0.05, 0.1) is 19.4 Å². The quantitative estimate of drug-likeness (QED) is 0.160. The number of nitrogens with one attached hydrogen (secondary N) is 2. The van der Waals surface area contributed by atoms with Crippen molar-refractivity contribution >= 4 is 52.9 Å². The predicted octanol–water partition coefficient (Wildman–Crippen LogP) is 0.159. The van der Waals surface area contributed by atoms with Crippen LogP contribution in [0, 0.1) is 0 Å². The van der Waals surface area contributed by atoms with Gasteiger partial charge >= 0.3 is 17.6 Å². The first-order valence-electron chi connectivity index (χ1n) is 12.9. The summed E-state index contributed by atoms with van der Waals surface area (Å²) in [6.45, 7) is 0.504. The number of amides is 2. The molecule has 2 aromatic heterocycles. The second-order valence-electron chi connectivity index (χ2n) is 9.57. The van der Waals surface area contributed by atoms with E-state index in [1.165, 1.54) is 28.4 Å². The molecule has 5 rings (SSSR count). The number of hydrogen-bond donors (Lipinski definition) is 4. The topological polar surface area (TPSA) is 188 Å². The van der Waals surface area contributed by atoms with Gasteiger partial charge in [0.1, 0.15) is 22.1 Å². The number of thioether (sulfide) groups is 2. The van der Waals surface area contributed by atoms with Gasteiger partial charge in [-0.2, -0.15) is 9.61 Å². The van der Waals surface area contributed by atoms with Gasteiger partial charge in [-0.3, -0.25) is 19.3 Å². The highest BCUT2D eigenvalue weighted by molar-refractivity contribution is 8.01. The van der Waals surface area contributed by atoms with Gasteiger partial charge in [0.15, 0.2) is 5.65 Å². The number of fused-ring (bicyclic) bond motifs is 2. The van der Waals surface area contributed by atoms with E-state index in [2.05, 4.69) is 20.8 Å². The molecule has 0 radical (unpaired) electrons. The van der Waals surface area contributed by atoms with E-state index in [0.29, 0.717) is 22.9 Å². The minimum absolute atomic E-state index is 0.0950. The molecule has 3 aromatic rings. The average molecular weight is 614 g/mol. The largest absolute Gasteiger partial charge is 0.481 e. The molecule has 2 aliphatic heterocycles. The molecule has 0 saturated carbocycles. The Labute approximate surface area is 247 Å². The molecule has 0 aliphatic carbocycles. The van der Waals surface area contributed by atoms with Crippen molar-refractivity contribution in [2.24, 2.45) is 0 Å². The highest BCUT2D eigenvalue weighted by Gasteiger charge is 2.54. The van der Waals surface area contributed by atoms with Crippen molar-refractivity contribution in [3.05, 3.63) is 69.3 Å². The Morgan fingerprint density at radius 3 is 2.57 bits per heavy atom. The third kappa shape index (κ3) is 5.91. The summed E-state index contributed by atoms with van der Waals surface area (Å²) in [6, 6.07) is 9.90. The van der Waals surface area contributed by atoms with Gasteiger partial charge in [-0.15, -0.1) is 28.6 Å². The van der Waals surface area contributed by atoms with Crippen LogP contribution >= 0.6 is 23.5 Å². The predicted molar refractivity (Wildman–Crippen MR) is 153 cm³/mol. The average Bonchev–Trinajstić information content (AvgIpc) is 3.28. The van der Waals surface area contributed by atoms with Gasteiger partial charge in [0.2, 0.25) is 5.91 Å². The molecule has 14 nitrogen and oxygen atoms in total. The zero-order valence-electron chi connectivity index (χ0n) is 22.3. The van der Waals surface area contributed by atoms with Gasteiger partial charge in [0, 0.05) is 18.1 Å². The van der Waals surface area contributed by atoms with Crippen molar-refractivity contribution in [1.29, 1.82) is 0 Å². The van der Waals surface area contributed by atoms with Crippen LogP contribution in [-0.4, -0.2) is 88.2 Å². The summed E-state index contributed by atoms with van der Waals surface area (Å²) in [4.78, 5) is 62.7. The normalized spacial score (nSPS) is 18.1. The Bertz CT molecular complexity index is 1670. The summed E-state index contributed by atoms with van der Waals surface area (Å²) in [5.41, 5.74) is 1.89. The second kappa shape index (κ2) is 12.4. The van der Waals surface area contributed by atoms with Gasteiger partial charge in [0.25, 0.3) is 5.91 Å². The molecule has 2 atom stereocenters. The number of β-lactam (4-membered cyclic amide) rings is 1. The lowest BCUT2D eigenvalue weighted by atomic mass is 10.0. The number of carboxylic acids is 2. The Balaban J connectivity index is 1.26.